The standard InChI is InChI=1S/C8H13NO5/c1-5-4-14-6(3-10)2-9(5)7(11)8(12)13/h5-6,10H,2-4H2,1H3,(H,12,13). The molecule has 2 unspecified atom stereocenters. The minimum atomic E-state index is -1.48. The van der Waals surface area contributed by atoms with Crippen LogP contribution in [0.3, 0.4) is 0 Å². The van der Waals surface area contributed by atoms with Gasteiger partial charge in [-0.1, -0.05) is 0 Å². The van der Waals surface area contributed by atoms with Crippen molar-refractivity contribution in [3.8, 4) is 0 Å². The molecule has 0 aromatic carbocycles. The van der Waals surface area contributed by atoms with E-state index in [2.05, 4.69) is 0 Å². The maximum atomic E-state index is 11.2. The van der Waals surface area contributed by atoms with Gasteiger partial charge in [0, 0.05) is 0 Å². The molecular formula is C8H13NO5. The summed E-state index contributed by atoms with van der Waals surface area (Å²) in [5.74, 6) is -2.42. The first kappa shape index (κ1) is 10.9. The average Bonchev–Trinajstić information content (AvgIpc) is 2.17. The van der Waals surface area contributed by atoms with Crippen LogP contribution >= 0.6 is 0 Å². The van der Waals surface area contributed by atoms with E-state index in [4.69, 9.17) is 14.9 Å². The van der Waals surface area contributed by atoms with E-state index < -0.39 is 18.0 Å². The fraction of sp³-hybridized carbons (Fsp3) is 0.750. The zero-order valence-corrected chi connectivity index (χ0v) is 7.84. The van der Waals surface area contributed by atoms with Gasteiger partial charge >= 0.3 is 11.9 Å². The van der Waals surface area contributed by atoms with Gasteiger partial charge in [-0.15, -0.1) is 0 Å². The van der Waals surface area contributed by atoms with E-state index in [0.717, 1.165) is 0 Å². The van der Waals surface area contributed by atoms with Crippen LogP contribution in [0, 0.1) is 0 Å². The maximum Gasteiger partial charge on any atom is 0.394 e. The Kier molecular flexibility index (Phi) is 3.43. The lowest BCUT2D eigenvalue weighted by Crippen LogP contribution is -2.53. The number of carbonyl (C=O) groups is 2. The van der Waals surface area contributed by atoms with Crippen LogP contribution in [0.2, 0.25) is 0 Å². The van der Waals surface area contributed by atoms with Gasteiger partial charge in [-0.05, 0) is 6.92 Å². The number of amides is 1. The predicted octanol–water partition coefficient (Wildman–Crippen LogP) is -1.32. The van der Waals surface area contributed by atoms with Crippen molar-refractivity contribution in [3.63, 3.8) is 0 Å². The molecule has 2 atom stereocenters. The normalized spacial score (nSPS) is 27.4. The third-order valence-electron chi connectivity index (χ3n) is 2.15. The number of aliphatic hydroxyl groups is 1. The summed E-state index contributed by atoms with van der Waals surface area (Å²) in [7, 11) is 0. The van der Waals surface area contributed by atoms with Crippen LogP contribution in [-0.4, -0.2) is 58.9 Å². The Morgan fingerprint density at radius 1 is 1.57 bits per heavy atom. The minimum Gasteiger partial charge on any atom is -0.474 e. The van der Waals surface area contributed by atoms with Crippen molar-refractivity contribution in [1.29, 1.82) is 0 Å². The van der Waals surface area contributed by atoms with E-state index in [1.54, 1.807) is 6.92 Å². The van der Waals surface area contributed by atoms with Crippen LogP contribution in [0.5, 0.6) is 0 Å². The first-order valence-electron chi connectivity index (χ1n) is 4.32. The Labute approximate surface area is 81.1 Å². The van der Waals surface area contributed by atoms with Gasteiger partial charge in [0.05, 0.1) is 31.9 Å². The molecule has 1 fully saturated rings. The number of nitrogens with zero attached hydrogens (tertiary/aromatic N) is 1. The Bertz CT molecular complexity index is 242. The predicted molar refractivity (Wildman–Crippen MR) is 45.6 cm³/mol. The molecule has 1 aliphatic rings. The summed E-state index contributed by atoms with van der Waals surface area (Å²) in [6.45, 7) is 1.87. The molecule has 2 N–H and O–H groups in total. The number of hydrogen-bond acceptors (Lipinski definition) is 4. The second-order valence-corrected chi connectivity index (χ2v) is 3.25. The number of carboxylic acid groups (broad SMARTS) is 1. The first-order valence-corrected chi connectivity index (χ1v) is 4.32. The molecule has 0 aliphatic carbocycles. The van der Waals surface area contributed by atoms with Crippen LogP contribution in [0.15, 0.2) is 0 Å². The summed E-state index contributed by atoms with van der Waals surface area (Å²) in [5.41, 5.74) is 0. The number of ether oxygens (including phenoxy) is 1. The van der Waals surface area contributed by atoms with Gasteiger partial charge < -0.3 is 19.8 Å². The largest absolute Gasteiger partial charge is 0.474 e. The van der Waals surface area contributed by atoms with Gasteiger partial charge in [0.2, 0.25) is 0 Å². The molecular weight excluding hydrogens is 190 g/mol. The number of hydrogen-bond donors (Lipinski definition) is 2. The zero-order valence-electron chi connectivity index (χ0n) is 7.84. The van der Waals surface area contributed by atoms with Crippen molar-refractivity contribution in [2.45, 2.75) is 19.1 Å². The fourth-order valence-corrected chi connectivity index (χ4v) is 1.33. The van der Waals surface area contributed by atoms with E-state index in [9.17, 15) is 9.59 Å². The number of carboxylic acids is 1. The van der Waals surface area contributed by atoms with Crippen molar-refractivity contribution in [3.05, 3.63) is 0 Å². The molecule has 6 heteroatoms. The second-order valence-electron chi connectivity index (χ2n) is 3.25. The number of aliphatic carboxylic acids is 1. The van der Waals surface area contributed by atoms with Crippen LogP contribution in [0.25, 0.3) is 0 Å². The molecule has 1 heterocycles. The highest BCUT2D eigenvalue weighted by molar-refractivity contribution is 6.31. The van der Waals surface area contributed by atoms with Crippen molar-refractivity contribution in [1.82, 2.24) is 4.90 Å². The van der Waals surface area contributed by atoms with E-state index in [1.165, 1.54) is 4.90 Å². The lowest BCUT2D eigenvalue weighted by molar-refractivity contribution is -0.163. The zero-order chi connectivity index (χ0) is 10.7. The molecule has 80 valence electrons. The van der Waals surface area contributed by atoms with Gasteiger partial charge in [0.25, 0.3) is 0 Å². The smallest absolute Gasteiger partial charge is 0.394 e. The van der Waals surface area contributed by atoms with Crippen molar-refractivity contribution in [2.75, 3.05) is 19.8 Å². The fourth-order valence-electron chi connectivity index (χ4n) is 1.33. The van der Waals surface area contributed by atoms with E-state index in [1.807, 2.05) is 0 Å². The topological polar surface area (TPSA) is 87.1 Å². The monoisotopic (exact) mass is 203 g/mol. The highest BCUT2D eigenvalue weighted by Crippen LogP contribution is 2.11. The Morgan fingerprint density at radius 3 is 2.71 bits per heavy atom. The van der Waals surface area contributed by atoms with Gasteiger partial charge in [-0.3, -0.25) is 4.79 Å². The molecule has 0 aromatic heterocycles. The van der Waals surface area contributed by atoms with Crippen LogP contribution < -0.4 is 0 Å². The summed E-state index contributed by atoms with van der Waals surface area (Å²) < 4.78 is 5.16. The molecule has 0 spiro atoms. The summed E-state index contributed by atoms with van der Waals surface area (Å²) >= 11 is 0. The van der Waals surface area contributed by atoms with Crippen LogP contribution in [0.4, 0.5) is 0 Å². The van der Waals surface area contributed by atoms with Gasteiger partial charge in [0.1, 0.15) is 0 Å². The summed E-state index contributed by atoms with van der Waals surface area (Å²) in [6.07, 6.45) is -0.477. The summed E-state index contributed by atoms with van der Waals surface area (Å²) in [6, 6.07) is -0.263. The third-order valence-corrected chi connectivity index (χ3v) is 2.15. The van der Waals surface area contributed by atoms with E-state index in [0.29, 0.717) is 0 Å². The highest BCUT2D eigenvalue weighted by Gasteiger charge is 2.32. The SMILES string of the molecule is CC1COC(CO)CN1C(=O)C(=O)O. The number of morpholine rings is 1. The first-order chi connectivity index (χ1) is 6.56. The molecule has 6 nitrogen and oxygen atoms in total. The quantitative estimate of drug-likeness (QED) is 0.516. The number of carbonyl (C=O) groups excluding carboxylic acids is 1. The van der Waals surface area contributed by atoms with Gasteiger partial charge in [-0.25, -0.2) is 4.79 Å². The summed E-state index contributed by atoms with van der Waals surface area (Å²) in [4.78, 5) is 22.8. The van der Waals surface area contributed by atoms with Crippen LogP contribution in [-0.2, 0) is 14.3 Å². The molecule has 0 saturated carbocycles. The molecule has 0 aromatic rings. The van der Waals surface area contributed by atoms with Crippen molar-refractivity contribution < 1.29 is 24.5 Å². The molecule has 0 radical (unpaired) electrons. The minimum absolute atomic E-state index is 0.128. The molecule has 1 rings (SSSR count). The number of rotatable bonds is 1. The molecule has 0 bridgehead atoms. The van der Waals surface area contributed by atoms with Crippen LogP contribution in [0.1, 0.15) is 6.92 Å². The molecule has 14 heavy (non-hydrogen) atoms. The molecule has 1 aliphatic heterocycles. The van der Waals surface area contributed by atoms with E-state index in [-0.39, 0.29) is 25.8 Å². The van der Waals surface area contributed by atoms with E-state index >= 15 is 0 Å². The Balaban J connectivity index is 2.65. The average molecular weight is 203 g/mol. The maximum absolute atomic E-state index is 11.2. The third kappa shape index (κ3) is 2.21. The highest BCUT2D eigenvalue weighted by atomic mass is 16.5. The van der Waals surface area contributed by atoms with Crippen molar-refractivity contribution >= 4 is 11.9 Å². The Hall–Kier alpha value is -1.14. The summed E-state index contributed by atoms with van der Waals surface area (Å²) in [5, 5.41) is 17.3. The second kappa shape index (κ2) is 4.39. The lowest BCUT2D eigenvalue weighted by atomic mass is 10.2. The lowest BCUT2D eigenvalue weighted by Gasteiger charge is -2.36. The van der Waals surface area contributed by atoms with Crippen molar-refractivity contribution in [2.24, 2.45) is 0 Å². The Morgan fingerprint density at radius 2 is 2.21 bits per heavy atom. The molecule has 1 amide bonds. The van der Waals surface area contributed by atoms with Gasteiger partial charge in [-0.2, -0.15) is 0 Å². The molecule has 1 saturated heterocycles. The number of aliphatic hydroxyl groups excluding tert-OH is 1. The van der Waals surface area contributed by atoms with Gasteiger partial charge in [0.15, 0.2) is 0 Å².